The van der Waals surface area contributed by atoms with Gasteiger partial charge in [0.1, 0.15) is 61.0 Å². The molecule has 2 fully saturated rings. The summed E-state index contributed by atoms with van der Waals surface area (Å²) in [7, 11) is -5.10. The fraction of sp³-hybridized carbons (Fsp3) is 1.00. The minimum absolute atomic E-state index is 0.928. The van der Waals surface area contributed by atoms with Crippen molar-refractivity contribution in [2.45, 2.75) is 67.3 Å². The van der Waals surface area contributed by atoms with Gasteiger partial charge in [-0.3, -0.25) is 9.05 Å². The number of aliphatic hydroxyl groups excluding tert-OH is 9. The molecule has 14 nitrogen and oxygen atoms in total. The highest BCUT2D eigenvalue weighted by molar-refractivity contribution is 7.47. The highest BCUT2D eigenvalue weighted by Crippen LogP contribution is 2.47. The molecule has 0 aromatic carbocycles. The van der Waals surface area contributed by atoms with Gasteiger partial charge in [-0.15, -0.1) is 0 Å². The van der Waals surface area contributed by atoms with Crippen molar-refractivity contribution in [3.05, 3.63) is 0 Å². The van der Waals surface area contributed by atoms with Crippen molar-refractivity contribution >= 4 is 7.82 Å². The van der Waals surface area contributed by atoms with Crippen LogP contribution in [0.5, 0.6) is 0 Å². The lowest BCUT2D eigenvalue weighted by Gasteiger charge is -2.41. The Morgan fingerprint density at radius 2 is 1.15 bits per heavy atom. The zero-order valence-electron chi connectivity index (χ0n) is 13.6. The summed E-state index contributed by atoms with van der Waals surface area (Å²) < 4.78 is 25.8. The van der Waals surface area contributed by atoms with Crippen LogP contribution in [0.1, 0.15) is 0 Å². The maximum atomic E-state index is 12.0. The summed E-state index contributed by atoms with van der Waals surface area (Å²) in [5.74, 6) is 0. The van der Waals surface area contributed by atoms with E-state index in [1.807, 2.05) is 0 Å². The summed E-state index contributed by atoms with van der Waals surface area (Å²) in [6.07, 6.45) is -21.0. The largest absolute Gasteiger partial charge is 0.472 e. The molecule has 0 aromatic heterocycles. The lowest BCUT2D eigenvalue weighted by molar-refractivity contribution is -0.286. The average molecular weight is 422 g/mol. The minimum atomic E-state index is -5.10. The Bertz CT molecular complexity index is 532. The average Bonchev–Trinajstić information content (AvgIpc) is 2.62. The van der Waals surface area contributed by atoms with Gasteiger partial charge >= 0.3 is 7.82 Å². The number of ether oxygens (including phenoxy) is 1. The molecule has 1 saturated carbocycles. The van der Waals surface area contributed by atoms with Gasteiger partial charge in [0, 0.05) is 0 Å². The first kappa shape index (κ1) is 23.0. The quantitative estimate of drug-likeness (QED) is 0.185. The number of rotatable bonds is 5. The third-order valence-electron chi connectivity index (χ3n) is 4.42. The fourth-order valence-electron chi connectivity index (χ4n) is 2.74. The molecule has 2 aliphatic rings. The summed E-state index contributed by atoms with van der Waals surface area (Å²) in [5, 5.41) is 86.0. The van der Waals surface area contributed by atoms with Crippen molar-refractivity contribution in [2.24, 2.45) is 0 Å². The molecule has 0 aromatic rings. The molecule has 15 heteroatoms. The molecule has 160 valence electrons. The molecular weight excluding hydrogens is 399 g/mol. The van der Waals surface area contributed by atoms with Crippen LogP contribution in [0.4, 0.5) is 0 Å². The van der Waals surface area contributed by atoms with Gasteiger partial charge in [-0.25, -0.2) is 4.57 Å². The minimum Gasteiger partial charge on any atom is -0.387 e. The number of aliphatic hydroxyl groups is 9. The van der Waals surface area contributed by atoms with Crippen molar-refractivity contribution < 1.29 is 69.2 Å². The van der Waals surface area contributed by atoms with Gasteiger partial charge in [-0.2, -0.15) is 0 Å². The predicted octanol–water partition coefficient (Wildman–Crippen LogP) is -5.89. The molecule has 0 amide bonds. The molecule has 12 atom stereocenters. The Morgan fingerprint density at radius 1 is 0.704 bits per heavy atom. The van der Waals surface area contributed by atoms with Crippen molar-refractivity contribution in [2.75, 3.05) is 6.61 Å². The maximum absolute atomic E-state index is 12.0. The van der Waals surface area contributed by atoms with Crippen LogP contribution in [-0.2, 0) is 18.3 Å². The van der Waals surface area contributed by atoms with E-state index in [1.165, 1.54) is 0 Å². The topological polar surface area (TPSA) is 247 Å². The van der Waals surface area contributed by atoms with Crippen LogP contribution in [0.3, 0.4) is 0 Å². The summed E-state index contributed by atoms with van der Waals surface area (Å²) in [5.41, 5.74) is 0. The molecule has 1 aliphatic carbocycles. The molecule has 2 rings (SSSR count). The van der Waals surface area contributed by atoms with Crippen LogP contribution in [0.2, 0.25) is 0 Å². The molecule has 1 saturated heterocycles. The second-order valence-electron chi connectivity index (χ2n) is 6.32. The zero-order valence-corrected chi connectivity index (χ0v) is 14.5. The van der Waals surface area contributed by atoms with Crippen LogP contribution >= 0.6 is 7.82 Å². The van der Waals surface area contributed by atoms with Gasteiger partial charge in [0.15, 0.2) is 6.29 Å². The maximum Gasteiger partial charge on any atom is 0.472 e. The van der Waals surface area contributed by atoms with E-state index in [1.54, 1.807) is 0 Å². The van der Waals surface area contributed by atoms with E-state index in [2.05, 4.69) is 9.05 Å². The number of hydrogen-bond acceptors (Lipinski definition) is 13. The van der Waals surface area contributed by atoms with E-state index in [0.717, 1.165) is 0 Å². The Balaban J connectivity index is 1.99. The predicted molar refractivity (Wildman–Crippen MR) is 79.6 cm³/mol. The first-order chi connectivity index (χ1) is 12.4. The molecule has 10 N–H and O–H groups in total. The van der Waals surface area contributed by atoms with Gasteiger partial charge in [0.05, 0.1) is 6.61 Å². The van der Waals surface area contributed by atoms with Crippen molar-refractivity contribution in [1.82, 2.24) is 0 Å². The smallest absolute Gasteiger partial charge is 0.387 e. The molecule has 0 bridgehead atoms. The van der Waals surface area contributed by atoms with Crippen LogP contribution in [0, 0.1) is 0 Å². The third kappa shape index (κ3) is 4.83. The Hall–Kier alpha value is -0.290. The molecule has 27 heavy (non-hydrogen) atoms. The van der Waals surface area contributed by atoms with Gasteiger partial charge in [0.2, 0.25) is 0 Å². The first-order valence-corrected chi connectivity index (χ1v) is 9.30. The standard InChI is InChI=1S/C12H23O14P/c13-3-2(25-12(21)10(20)4(3)14)1-24-27(22,23)26-11-8(18)6(16)5(15)7(17)9(11)19/h2-21H,1H2,(H,22,23)/t2-,3-,4+,5?,6-,7+,8-,9-,10+,11?,12-/m1/s1. The van der Waals surface area contributed by atoms with Crippen molar-refractivity contribution in [1.29, 1.82) is 0 Å². The van der Waals surface area contributed by atoms with Gasteiger partial charge in [-0.05, 0) is 0 Å². The van der Waals surface area contributed by atoms with E-state index in [-0.39, 0.29) is 0 Å². The van der Waals surface area contributed by atoms with E-state index in [4.69, 9.17) is 4.74 Å². The highest BCUT2D eigenvalue weighted by Gasteiger charge is 2.51. The SMILES string of the molecule is O=P(O)(OC[C@H]1O[C@@H](O)[C@@H](O)[C@@H](O)[C@@H]1O)OC1[C@H](O)[C@H](O)C(O)[C@H](O)[C@H]1O. The highest BCUT2D eigenvalue weighted by atomic mass is 31.2. The van der Waals surface area contributed by atoms with Crippen LogP contribution < -0.4 is 0 Å². The summed E-state index contributed by atoms with van der Waals surface area (Å²) in [4.78, 5) is 9.69. The molecule has 0 spiro atoms. The normalized spacial score (nSPS) is 51.0. The van der Waals surface area contributed by atoms with Gasteiger partial charge < -0.3 is 55.6 Å². The summed E-state index contributed by atoms with van der Waals surface area (Å²) >= 11 is 0. The molecule has 1 aliphatic heterocycles. The number of hydrogen-bond donors (Lipinski definition) is 10. The Morgan fingerprint density at radius 3 is 1.67 bits per heavy atom. The third-order valence-corrected chi connectivity index (χ3v) is 5.40. The van der Waals surface area contributed by atoms with Crippen LogP contribution in [0.25, 0.3) is 0 Å². The summed E-state index contributed by atoms with van der Waals surface area (Å²) in [6.45, 7) is -0.928. The second-order valence-corrected chi connectivity index (χ2v) is 7.73. The molecule has 1 heterocycles. The number of phosphoric ester groups is 1. The lowest BCUT2D eigenvalue weighted by Crippen LogP contribution is -2.64. The van der Waals surface area contributed by atoms with E-state index < -0.39 is 81.8 Å². The molecule has 0 radical (unpaired) electrons. The fourth-order valence-corrected chi connectivity index (χ4v) is 3.70. The molecular formula is C12H23O14P. The summed E-state index contributed by atoms with van der Waals surface area (Å²) in [6, 6.07) is 0. The first-order valence-electron chi connectivity index (χ1n) is 7.81. The Kier molecular flexibility index (Phi) is 7.33. The monoisotopic (exact) mass is 422 g/mol. The zero-order chi connectivity index (χ0) is 20.7. The van der Waals surface area contributed by atoms with Crippen molar-refractivity contribution in [3.8, 4) is 0 Å². The lowest BCUT2D eigenvalue weighted by atomic mass is 9.85. The van der Waals surface area contributed by atoms with E-state index >= 15 is 0 Å². The second kappa shape index (κ2) is 8.61. The Labute approximate surface area is 152 Å². The van der Waals surface area contributed by atoms with Crippen LogP contribution in [-0.4, -0.2) is 125 Å². The number of phosphoric acid groups is 1. The molecule has 3 unspecified atom stereocenters. The van der Waals surface area contributed by atoms with E-state index in [9.17, 15) is 55.4 Å². The van der Waals surface area contributed by atoms with Crippen molar-refractivity contribution in [3.63, 3.8) is 0 Å². The van der Waals surface area contributed by atoms with Gasteiger partial charge in [-0.1, -0.05) is 0 Å². The van der Waals surface area contributed by atoms with Crippen LogP contribution in [0.15, 0.2) is 0 Å². The van der Waals surface area contributed by atoms with Gasteiger partial charge in [0.25, 0.3) is 0 Å². The van der Waals surface area contributed by atoms with E-state index in [0.29, 0.717) is 0 Å².